The third-order valence-electron chi connectivity index (χ3n) is 4.07. The van der Waals surface area contributed by atoms with Gasteiger partial charge in [0.25, 0.3) is 0 Å². The molecule has 21 heavy (non-hydrogen) atoms. The summed E-state index contributed by atoms with van der Waals surface area (Å²) in [6, 6.07) is 19.9. The Hall–Kier alpha value is -1.07. The van der Waals surface area contributed by atoms with Crippen molar-refractivity contribution in [2.75, 3.05) is 18.4 Å². The van der Waals surface area contributed by atoms with Crippen LogP contribution in [0.15, 0.2) is 54.6 Å². The molecule has 3 heteroatoms. The summed E-state index contributed by atoms with van der Waals surface area (Å²) in [4.78, 5) is 2.56. The van der Waals surface area contributed by atoms with E-state index in [4.69, 9.17) is 0 Å². The van der Waals surface area contributed by atoms with Gasteiger partial charge in [-0.05, 0) is 53.1 Å². The van der Waals surface area contributed by atoms with Crippen molar-refractivity contribution < 1.29 is 0 Å². The van der Waals surface area contributed by atoms with Crippen LogP contribution >= 0.6 is 22.6 Å². The first-order valence-electron chi connectivity index (χ1n) is 7.58. The molecule has 1 aliphatic rings. The lowest BCUT2D eigenvalue weighted by molar-refractivity contribution is 0.211. The number of anilines is 1. The van der Waals surface area contributed by atoms with Crippen molar-refractivity contribution in [3.63, 3.8) is 0 Å². The molecule has 0 atom stereocenters. The van der Waals surface area contributed by atoms with E-state index >= 15 is 0 Å². The Balaban J connectivity index is 1.50. The second-order valence-corrected chi connectivity index (χ2v) is 6.82. The minimum Gasteiger partial charge on any atom is -0.381 e. The Kier molecular flexibility index (Phi) is 5.14. The Labute approximate surface area is 140 Å². The molecule has 2 aromatic rings. The van der Waals surface area contributed by atoms with E-state index < -0.39 is 0 Å². The van der Waals surface area contributed by atoms with Crippen LogP contribution in [-0.2, 0) is 6.54 Å². The summed E-state index contributed by atoms with van der Waals surface area (Å²) in [5, 5.41) is 3.70. The smallest absolute Gasteiger partial charge is 0.0478 e. The van der Waals surface area contributed by atoms with Crippen molar-refractivity contribution in [2.24, 2.45) is 0 Å². The van der Waals surface area contributed by atoms with E-state index in [2.05, 4.69) is 87.4 Å². The maximum absolute atomic E-state index is 3.70. The maximum Gasteiger partial charge on any atom is 0.0478 e. The van der Waals surface area contributed by atoms with Crippen molar-refractivity contribution in [2.45, 2.75) is 25.4 Å². The number of para-hydroxylation sites is 1. The standard InChI is InChI=1S/C18H21IN2/c19-17-8-4-5-9-18(17)20-16-10-12-21(13-11-16)14-15-6-2-1-3-7-15/h1-9,16,20H,10-14H2. The molecule has 1 saturated heterocycles. The highest BCUT2D eigenvalue weighted by Crippen LogP contribution is 2.22. The van der Waals surface area contributed by atoms with E-state index in [0.717, 1.165) is 6.54 Å². The second kappa shape index (κ2) is 7.27. The third-order valence-corrected chi connectivity index (χ3v) is 5.01. The fraction of sp³-hybridized carbons (Fsp3) is 0.333. The lowest BCUT2D eigenvalue weighted by Gasteiger charge is -2.33. The summed E-state index contributed by atoms with van der Waals surface area (Å²) >= 11 is 2.40. The average Bonchev–Trinajstić information content (AvgIpc) is 2.52. The molecule has 0 bridgehead atoms. The first-order chi connectivity index (χ1) is 10.3. The number of benzene rings is 2. The van der Waals surface area contributed by atoms with Crippen LogP contribution in [0.5, 0.6) is 0 Å². The predicted octanol–water partition coefficient (Wildman–Crippen LogP) is 4.37. The molecule has 0 spiro atoms. The van der Waals surface area contributed by atoms with Gasteiger partial charge in [-0.15, -0.1) is 0 Å². The van der Waals surface area contributed by atoms with Crippen molar-refractivity contribution >= 4 is 28.3 Å². The topological polar surface area (TPSA) is 15.3 Å². The van der Waals surface area contributed by atoms with E-state index in [0.29, 0.717) is 6.04 Å². The minimum atomic E-state index is 0.605. The van der Waals surface area contributed by atoms with Crippen molar-refractivity contribution in [3.8, 4) is 0 Å². The molecular formula is C18H21IN2. The Morgan fingerprint density at radius 2 is 1.62 bits per heavy atom. The Morgan fingerprint density at radius 3 is 2.33 bits per heavy atom. The Bertz CT molecular complexity index is 562. The molecule has 1 fully saturated rings. The fourth-order valence-electron chi connectivity index (χ4n) is 2.88. The number of piperidine rings is 1. The summed E-state index contributed by atoms with van der Waals surface area (Å²) < 4.78 is 1.31. The number of halogens is 1. The zero-order valence-electron chi connectivity index (χ0n) is 12.1. The van der Waals surface area contributed by atoms with E-state index in [1.165, 1.54) is 40.8 Å². The molecule has 0 unspecified atom stereocenters. The lowest BCUT2D eigenvalue weighted by atomic mass is 10.0. The molecule has 1 N–H and O–H groups in total. The quantitative estimate of drug-likeness (QED) is 0.778. The molecule has 0 aliphatic carbocycles. The SMILES string of the molecule is Ic1ccccc1NC1CCN(Cc2ccccc2)CC1. The number of nitrogens with one attached hydrogen (secondary N) is 1. The van der Waals surface area contributed by atoms with Gasteiger partial charge in [0.15, 0.2) is 0 Å². The molecule has 3 rings (SSSR count). The summed E-state index contributed by atoms with van der Waals surface area (Å²) in [6.45, 7) is 3.43. The van der Waals surface area contributed by atoms with Gasteiger partial charge in [0.05, 0.1) is 0 Å². The molecule has 0 aromatic heterocycles. The van der Waals surface area contributed by atoms with Gasteiger partial charge in [-0.3, -0.25) is 4.90 Å². The van der Waals surface area contributed by atoms with Crippen molar-refractivity contribution in [1.29, 1.82) is 0 Å². The highest BCUT2D eigenvalue weighted by atomic mass is 127. The monoisotopic (exact) mass is 392 g/mol. The zero-order chi connectivity index (χ0) is 14.5. The van der Waals surface area contributed by atoms with Gasteiger partial charge in [0.2, 0.25) is 0 Å². The highest BCUT2D eigenvalue weighted by Gasteiger charge is 2.19. The number of likely N-dealkylation sites (tertiary alicyclic amines) is 1. The average molecular weight is 392 g/mol. The summed E-state index contributed by atoms with van der Waals surface area (Å²) in [7, 11) is 0. The molecule has 0 radical (unpaired) electrons. The Morgan fingerprint density at radius 1 is 0.952 bits per heavy atom. The molecule has 110 valence electrons. The van der Waals surface area contributed by atoms with Crippen LogP contribution in [0.4, 0.5) is 5.69 Å². The number of nitrogens with zero attached hydrogens (tertiary/aromatic N) is 1. The molecule has 2 aromatic carbocycles. The molecule has 0 amide bonds. The molecule has 1 aliphatic heterocycles. The number of hydrogen-bond donors (Lipinski definition) is 1. The molecule has 0 saturated carbocycles. The van der Waals surface area contributed by atoms with Gasteiger partial charge in [-0.2, -0.15) is 0 Å². The zero-order valence-corrected chi connectivity index (χ0v) is 14.3. The van der Waals surface area contributed by atoms with Crippen LogP contribution in [0.2, 0.25) is 0 Å². The van der Waals surface area contributed by atoms with Crippen LogP contribution in [0.1, 0.15) is 18.4 Å². The largest absolute Gasteiger partial charge is 0.381 e. The van der Waals surface area contributed by atoms with Crippen LogP contribution in [0.3, 0.4) is 0 Å². The van der Waals surface area contributed by atoms with Crippen molar-refractivity contribution in [1.82, 2.24) is 4.90 Å². The third kappa shape index (κ3) is 4.20. The number of hydrogen-bond acceptors (Lipinski definition) is 2. The predicted molar refractivity (Wildman–Crippen MR) is 97.5 cm³/mol. The van der Waals surface area contributed by atoms with E-state index in [9.17, 15) is 0 Å². The lowest BCUT2D eigenvalue weighted by Crippen LogP contribution is -2.38. The van der Waals surface area contributed by atoms with E-state index in [1.54, 1.807) is 0 Å². The molecule has 2 nitrogen and oxygen atoms in total. The first kappa shape index (κ1) is 14.9. The van der Waals surface area contributed by atoms with Gasteiger partial charge < -0.3 is 5.32 Å². The molecular weight excluding hydrogens is 371 g/mol. The van der Waals surface area contributed by atoms with E-state index in [-0.39, 0.29) is 0 Å². The van der Waals surface area contributed by atoms with Gasteiger partial charge in [-0.25, -0.2) is 0 Å². The normalized spacial score (nSPS) is 16.8. The highest BCUT2D eigenvalue weighted by molar-refractivity contribution is 14.1. The van der Waals surface area contributed by atoms with Crippen LogP contribution in [0.25, 0.3) is 0 Å². The fourth-order valence-corrected chi connectivity index (χ4v) is 3.42. The van der Waals surface area contributed by atoms with Gasteiger partial charge in [-0.1, -0.05) is 42.5 Å². The maximum atomic E-state index is 3.70. The number of rotatable bonds is 4. The van der Waals surface area contributed by atoms with E-state index in [1.807, 2.05) is 0 Å². The van der Waals surface area contributed by atoms with Gasteiger partial charge >= 0.3 is 0 Å². The van der Waals surface area contributed by atoms with Crippen molar-refractivity contribution in [3.05, 3.63) is 63.7 Å². The van der Waals surface area contributed by atoms with Crippen LogP contribution in [-0.4, -0.2) is 24.0 Å². The van der Waals surface area contributed by atoms with Gasteiger partial charge in [0, 0.05) is 34.9 Å². The second-order valence-electron chi connectivity index (χ2n) is 5.66. The minimum absolute atomic E-state index is 0.605. The van der Waals surface area contributed by atoms with Gasteiger partial charge in [0.1, 0.15) is 0 Å². The van der Waals surface area contributed by atoms with Crippen LogP contribution in [0, 0.1) is 3.57 Å². The van der Waals surface area contributed by atoms with Crippen LogP contribution < -0.4 is 5.32 Å². The summed E-state index contributed by atoms with van der Waals surface area (Å²) in [5.74, 6) is 0. The summed E-state index contributed by atoms with van der Waals surface area (Å²) in [6.07, 6.45) is 2.44. The molecule has 1 heterocycles. The summed E-state index contributed by atoms with van der Waals surface area (Å²) in [5.41, 5.74) is 2.70. The first-order valence-corrected chi connectivity index (χ1v) is 8.66.